The number of rotatable bonds is 7. The molecule has 7 aromatic carbocycles. The van der Waals surface area contributed by atoms with Crippen LogP contribution in [0.2, 0.25) is 0 Å². The Balaban J connectivity index is 1.23. The largest absolute Gasteiger partial charge is 0.310 e. The minimum atomic E-state index is 0.0193. The highest BCUT2D eigenvalue weighted by Gasteiger charge is 2.57. The van der Waals surface area contributed by atoms with Gasteiger partial charge in [0.05, 0.1) is 5.69 Å². The lowest BCUT2D eigenvalue weighted by Crippen LogP contribution is -2.42. The third-order valence-corrected chi connectivity index (χ3v) is 12.9. The summed E-state index contributed by atoms with van der Waals surface area (Å²) in [6.07, 6.45) is 0. The Morgan fingerprint density at radius 1 is 0.358 bits per heavy atom. The molecule has 0 N–H and O–H groups in total. The third kappa shape index (κ3) is 5.80. The maximum atomic E-state index is 2.51. The van der Waals surface area contributed by atoms with Crippen LogP contribution in [0.3, 0.4) is 0 Å². The predicted molar refractivity (Wildman–Crippen MR) is 227 cm³/mol. The van der Waals surface area contributed by atoms with Crippen molar-refractivity contribution in [3.8, 4) is 44.5 Å². The second-order valence-electron chi connectivity index (χ2n) is 16.4. The standard InChI is InChI=1S/C52H49N/c1-36-22-24-40(25-23-36)45-34-47-48(51(4,5)52(6,7)50(47,2)3)35-46(45)41-28-26-39(27-29-41)44-20-14-15-21-49(44)53(42-18-12-9-13-19-42)43-32-30-38(31-33-43)37-16-10-8-11-17-37/h8-35H,1-7H3. The van der Waals surface area contributed by atoms with Gasteiger partial charge in [0.1, 0.15) is 0 Å². The lowest BCUT2D eigenvalue weighted by atomic mass is 9.59. The van der Waals surface area contributed by atoms with Crippen molar-refractivity contribution in [3.63, 3.8) is 0 Å². The second kappa shape index (κ2) is 13.1. The van der Waals surface area contributed by atoms with Gasteiger partial charge in [-0.15, -0.1) is 0 Å². The highest BCUT2D eigenvalue weighted by Crippen LogP contribution is 2.62. The Labute approximate surface area is 316 Å². The maximum absolute atomic E-state index is 2.51. The van der Waals surface area contributed by atoms with E-state index in [1.807, 2.05) is 0 Å². The predicted octanol–water partition coefficient (Wildman–Crippen LogP) is 14.7. The van der Waals surface area contributed by atoms with Crippen molar-refractivity contribution in [1.29, 1.82) is 0 Å². The van der Waals surface area contributed by atoms with Gasteiger partial charge in [0, 0.05) is 16.9 Å². The highest BCUT2D eigenvalue weighted by molar-refractivity contribution is 5.90. The van der Waals surface area contributed by atoms with Crippen molar-refractivity contribution >= 4 is 17.1 Å². The van der Waals surface area contributed by atoms with E-state index < -0.39 is 0 Å². The summed E-state index contributed by atoms with van der Waals surface area (Å²) in [5.74, 6) is 0. The first-order valence-electron chi connectivity index (χ1n) is 18.9. The molecule has 0 aromatic heterocycles. The summed E-state index contributed by atoms with van der Waals surface area (Å²) >= 11 is 0. The number of hydrogen-bond donors (Lipinski definition) is 0. The molecule has 0 fully saturated rings. The zero-order valence-electron chi connectivity index (χ0n) is 32.1. The minimum absolute atomic E-state index is 0.0193. The van der Waals surface area contributed by atoms with E-state index >= 15 is 0 Å². The van der Waals surface area contributed by atoms with Crippen molar-refractivity contribution in [1.82, 2.24) is 0 Å². The minimum Gasteiger partial charge on any atom is -0.310 e. The number of para-hydroxylation sites is 2. The average molecular weight is 688 g/mol. The van der Waals surface area contributed by atoms with Crippen LogP contribution in [0.25, 0.3) is 44.5 Å². The topological polar surface area (TPSA) is 3.24 Å². The van der Waals surface area contributed by atoms with Crippen LogP contribution in [0.4, 0.5) is 17.1 Å². The van der Waals surface area contributed by atoms with Crippen molar-refractivity contribution in [2.24, 2.45) is 5.41 Å². The Morgan fingerprint density at radius 2 is 0.755 bits per heavy atom. The van der Waals surface area contributed by atoms with E-state index in [0.717, 1.165) is 17.1 Å². The van der Waals surface area contributed by atoms with Gasteiger partial charge in [-0.05, 0) is 116 Å². The molecule has 8 rings (SSSR count). The van der Waals surface area contributed by atoms with Crippen LogP contribution in [0.15, 0.2) is 170 Å². The Bertz CT molecular complexity index is 2380. The molecule has 0 spiro atoms. The van der Waals surface area contributed by atoms with E-state index in [2.05, 4.69) is 223 Å². The van der Waals surface area contributed by atoms with Gasteiger partial charge in [-0.2, -0.15) is 0 Å². The summed E-state index contributed by atoms with van der Waals surface area (Å²) in [6.45, 7) is 16.8. The molecule has 7 aromatic rings. The van der Waals surface area contributed by atoms with Crippen molar-refractivity contribution < 1.29 is 0 Å². The van der Waals surface area contributed by atoms with Crippen molar-refractivity contribution in [2.45, 2.75) is 59.3 Å². The molecule has 0 atom stereocenters. The fraction of sp³-hybridized carbons (Fsp3) is 0.192. The van der Waals surface area contributed by atoms with Gasteiger partial charge in [0.15, 0.2) is 0 Å². The fourth-order valence-corrected chi connectivity index (χ4v) is 8.48. The van der Waals surface area contributed by atoms with Crippen LogP contribution in [-0.2, 0) is 10.8 Å². The first-order chi connectivity index (χ1) is 25.5. The molecule has 262 valence electrons. The molecule has 0 bridgehead atoms. The summed E-state index contributed by atoms with van der Waals surface area (Å²) in [4.78, 5) is 2.37. The van der Waals surface area contributed by atoms with Crippen molar-refractivity contribution in [3.05, 3.63) is 187 Å². The summed E-state index contributed by atoms with van der Waals surface area (Å²) in [5.41, 5.74) is 17.6. The Kier molecular flexibility index (Phi) is 8.50. The monoisotopic (exact) mass is 687 g/mol. The second-order valence-corrected chi connectivity index (χ2v) is 16.4. The Morgan fingerprint density at radius 3 is 1.30 bits per heavy atom. The molecule has 0 radical (unpaired) electrons. The number of aryl methyl sites for hydroxylation is 1. The maximum Gasteiger partial charge on any atom is 0.0540 e. The molecule has 0 heterocycles. The Hall–Kier alpha value is -5.66. The van der Waals surface area contributed by atoms with Crippen LogP contribution in [-0.4, -0.2) is 0 Å². The molecule has 1 heteroatoms. The van der Waals surface area contributed by atoms with Gasteiger partial charge in [0.2, 0.25) is 0 Å². The number of fused-ring (bicyclic) bond motifs is 1. The number of hydrogen-bond acceptors (Lipinski definition) is 1. The van der Waals surface area contributed by atoms with Gasteiger partial charge >= 0.3 is 0 Å². The molecule has 1 nitrogen and oxygen atoms in total. The van der Waals surface area contributed by atoms with Crippen LogP contribution in [0.5, 0.6) is 0 Å². The molecular formula is C52H49N. The molecule has 53 heavy (non-hydrogen) atoms. The molecular weight excluding hydrogens is 639 g/mol. The van der Waals surface area contributed by atoms with E-state index in [0.29, 0.717) is 0 Å². The zero-order valence-corrected chi connectivity index (χ0v) is 32.1. The molecule has 0 saturated heterocycles. The van der Waals surface area contributed by atoms with E-state index in [-0.39, 0.29) is 16.2 Å². The zero-order chi connectivity index (χ0) is 37.0. The SMILES string of the molecule is Cc1ccc(-c2cc3c(cc2-c2ccc(-c4ccccc4N(c4ccccc4)c4ccc(-c5ccccc5)cc4)cc2)C(C)(C)C(C)(C)C3(C)C)cc1. The van der Waals surface area contributed by atoms with Crippen molar-refractivity contribution in [2.75, 3.05) is 4.90 Å². The molecule has 0 unspecified atom stereocenters. The van der Waals surface area contributed by atoms with Crippen LogP contribution < -0.4 is 4.90 Å². The quantitative estimate of drug-likeness (QED) is 0.161. The van der Waals surface area contributed by atoms with Gasteiger partial charge in [-0.1, -0.05) is 174 Å². The van der Waals surface area contributed by atoms with Gasteiger partial charge in [-0.3, -0.25) is 0 Å². The summed E-state index contributed by atoms with van der Waals surface area (Å²) < 4.78 is 0. The number of benzene rings is 7. The number of nitrogens with zero attached hydrogens (tertiary/aromatic N) is 1. The fourth-order valence-electron chi connectivity index (χ4n) is 8.48. The lowest BCUT2D eigenvalue weighted by Gasteiger charge is -2.44. The third-order valence-electron chi connectivity index (χ3n) is 12.9. The normalized spacial score (nSPS) is 15.2. The van der Waals surface area contributed by atoms with Gasteiger partial charge in [-0.25, -0.2) is 0 Å². The van der Waals surface area contributed by atoms with Crippen LogP contribution in [0.1, 0.15) is 58.2 Å². The average Bonchev–Trinajstić information content (AvgIpc) is 3.29. The summed E-state index contributed by atoms with van der Waals surface area (Å²) in [7, 11) is 0. The first-order valence-corrected chi connectivity index (χ1v) is 18.9. The van der Waals surface area contributed by atoms with Crippen LogP contribution in [0, 0.1) is 12.3 Å². The molecule has 1 aliphatic carbocycles. The highest BCUT2D eigenvalue weighted by atomic mass is 15.1. The lowest BCUT2D eigenvalue weighted by molar-refractivity contribution is 0.125. The van der Waals surface area contributed by atoms with Gasteiger partial charge in [0.25, 0.3) is 0 Å². The van der Waals surface area contributed by atoms with E-state index in [9.17, 15) is 0 Å². The van der Waals surface area contributed by atoms with Gasteiger partial charge < -0.3 is 4.90 Å². The number of anilines is 3. The van der Waals surface area contributed by atoms with Crippen LogP contribution >= 0.6 is 0 Å². The van der Waals surface area contributed by atoms with E-state index in [1.165, 1.54) is 61.2 Å². The smallest absolute Gasteiger partial charge is 0.0540 e. The summed E-state index contributed by atoms with van der Waals surface area (Å²) in [5, 5.41) is 0. The molecule has 0 amide bonds. The molecule has 0 saturated carbocycles. The molecule has 1 aliphatic rings. The van der Waals surface area contributed by atoms with E-state index in [1.54, 1.807) is 0 Å². The molecule has 0 aliphatic heterocycles. The summed E-state index contributed by atoms with van der Waals surface area (Å²) in [6, 6.07) is 62.3. The first kappa shape index (κ1) is 34.4. The van der Waals surface area contributed by atoms with E-state index in [4.69, 9.17) is 0 Å².